The van der Waals surface area contributed by atoms with E-state index < -0.39 is 0 Å². The van der Waals surface area contributed by atoms with Gasteiger partial charge in [-0.1, -0.05) is 30.3 Å². The lowest BCUT2D eigenvalue weighted by molar-refractivity contribution is 0.414. The van der Waals surface area contributed by atoms with Gasteiger partial charge in [-0.25, -0.2) is 0 Å². The third kappa shape index (κ3) is 2.88. The molecule has 0 radical (unpaired) electrons. The number of pyridine rings is 1. The average molecular weight is 278 g/mol. The van der Waals surface area contributed by atoms with Crippen molar-refractivity contribution in [2.24, 2.45) is 5.73 Å². The largest absolute Gasteiger partial charge is 0.497 e. The second-order valence-electron chi connectivity index (χ2n) is 5.11. The molecule has 3 nitrogen and oxygen atoms in total. The highest BCUT2D eigenvalue weighted by atomic mass is 16.5. The van der Waals surface area contributed by atoms with Crippen LogP contribution in [0.5, 0.6) is 5.75 Å². The van der Waals surface area contributed by atoms with Crippen LogP contribution in [-0.2, 0) is 6.42 Å². The minimum absolute atomic E-state index is 0.0526. The zero-order chi connectivity index (χ0) is 14.7. The van der Waals surface area contributed by atoms with Crippen LogP contribution in [0.15, 0.2) is 60.9 Å². The summed E-state index contributed by atoms with van der Waals surface area (Å²) < 4.78 is 5.26. The van der Waals surface area contributed by atoms with Crippen molar-refractivity contribution in [1.29, 1.82) is 0 Å². The molecule has 1 atom stereocenters. The molecule has 1 heterocycles. The Balaban J connectivity index is 1.91. The van der Waals surface area contributed by atoms with Crippen LogP contribution in [0.4, 0.5) is 0 Å². The van der Waals surface area contributed by atoms with E-state index in [4.69, 9.17) is 10.5 Å². The van der Waals surface area contributed by atoms with E-state index in [-0.39, 0.29) is 6.04 Å². The average Bonchev–Trinajstić information content (AvgIpc) is 2.54. The minimum atomic E-state index is -0.0526. The Kier molecular flexibility index (Phi) is 3.84. The van der Waals surface area contributed by atoms with E-state index in [2.05, 4.69) is 23.2 Å². The lowest BCUT2D eigenvalue weighted by atomic mass is 9.95. The fourth-order valence-electron chi connectivity index (χ4n) is 2.63. The lowest BCUT2D eigenvalue weighted by Crippen LogP contribution is -2.13. The van der Waals surface area contributed by atoms with E-state index in [1.54, 1.807) is 7.11 Å². The minimum Gasteiger partial charge on any atom is -0.497 e. The lowest BCUT2D eigenvalue weighted by Gasteiger charge is -2.15. The Labute approximate surface area is 124 Å². The van der Waals surface area contributed by atoms with Crippen molar-refractivity contribution < 1.29 is 4.74 Å². The molecule has 0 spiro atoms. The molecule has 1 unspecified atom stereocenters. The summed E-state index contributed by atoms with van der Waals surface area (Å²) in [4.78, 5) is 4.16. The number of fused-ring (bicyclic) bond motifs is 1. The molecule has 0 amide bonds. The molecule has 0 bridgehead atoms. The van der Waals surface area contributed by atoms with E-state index in [0.717, 1.165) is 23.1 Å². The zero-order valence-electron chi connectivity index (χ0n) is 12.0. The van der Waals surface area contributed by atoms with Crippen molar-refractivity contribution in [3.8, 4) is 5.75 Å². The summed E-state index contributed by atoms with van der Waals surface area (Å²) in [5.74, 6) is 0.863. The maximum atomic E-state index is 6.42. The van der Waals surface area contributed by atoms with Gasteiger partial charge in [0.05, 0.1) is 7.11 Å². The van der Waals surface area contributed by atoms with Gasteiger partial charge in [-0.15, -0.1) is 0 Å². The molecule has 3 rings (SSSR count). The number of nitrogens with two attached hydrogens (primary N) is 1. The van der Waals surface area contributed by atoms with Crippen LogP contribution in [-0.4, -0.2) is 12.1 Å². The molecule has 21 heavy (non-hydrogen) atoms. The molecule has 0 saturated carbocycles. The van der Waals surface area contributed by atoms with Gasteiger partial charge in [0.1, 0.15) is 5.75 Å². The van der Waals surface area contributed by atoms with Crippen LogP contribution >= 0.6 is 0 Å². The van der Waals surface area contributed by atoms with Crippen molar-refractivity contribution in [2.45, 2.75) is 12.5 Å². The summed E-state index contributed by atoms with van der Waals surface area (Å²) in [5.41, 5.74) is 8.75. The predicted octanol–water partition coefficient (Wildman–Crippen LogP) is 3.49. The summed E-state index contributed by atoms with van der Waals surface area (Å²) in [6, 6.07) is 16.2. The van der Waals surface area contributed by atoms with Crippen LogP contribution in [0.2, 0.25) is 0 Å². The number of methoxy groups -OCH3 is 1. The summed E-state index contributed by atoms with van der Waals surface area (Å²) in [6.45, 7) is 0. The number of benzene rings is 2. The van der Waals surface area contributed by atoms with Gasteiger partial charge in [0.2, 0.25) is 0 Å². The van der Waals surface area contributed by atoms with E-state index in [1.165, 1.54) is 10.9 Å². The van der Waals surface area contributed by atoms with Crippen LogP contribution in [0.3, 0.4) is 0 Å². The summed E-state index contributed by atoms with van der Waals surface area (Å²) >= 11 is 0. The third-order valence-corrected chi connectivity index (χ3v) is 3.70. The van der Waals surface area contributed by atoms with Crippen LogP contribution in [0.25, 0.3) is 10.8 Å². The quantitative estimate of drug-likeness (QED) is 0.794. The van der Waals surface area contributed by atoms with Gasteiger partial charge in [0, 0.05) is 23.8 Å². The third-order valence-electron chi connectivity index (χ3n) is 3.70. The zero-order valence-corrected chi connectivity index (χ0v) is 12.0. The standard InChI is InChI=1S/C18H18N2O/c1-21-15-6-2-4-13(10-15)11-18(19)17-7-3-5-14-12-20-9-8-16(14)17/h2-10,12,18H,11,19H2,1H3. The molecule has 0 fully saturated rings. The molecule has 0 aliphatic rings. The molecule has 1 aromatic heterocycles. The number of ether oxygens (including phenoxy) is 1. The monoisotopic (exact) mass is 278 g/mol. The van der Waals surface area contributed by atoms with Crippen molar-refractivity contribution in [3.05, 3.63) is 72.1 Å². The molecular formula is C18H18N2O. The Morgan fingerprint density at radius 3 is 2.86 bits per heavy atom. The Bertz CT molecular complexity index is 750. The Morgan fingerprint density at radius 1 is 1.14 bits per heavy atom. The fraction of sp³-hybridized carbons (Fsp3) is 0.167. The van der Waals surface area contributed by atoms with E-state index >= 15 is 0 Å². The van der Waals surface area contributed by atoms with Crippen LogP contribution < -0.4 is 10.5 Å². The second-order valence-corrected chi connectivity index (χ2v) is 5.11. The predicted molar refractivity (Wildman–Crippen MR) is 85.4 cm³/mol. The first-order chi connectivity index (χ1) is 10.3. The number of hydrogen-bond acceptors (Lipinski definition) is 3. The molecule has 0 aliphatic heterocycles. The number of aromatic nitrogens is 1. The normalized spacial score (nSPS) is 12.3. The first-order valence-corrected chi connectivity index (χ1v) is 6.99. The molecule has 0 aliphatic carbocycles. The first-order valence-electron chi connectivity index (χ1n) is 6.99. The van der Waals surface area contributed by atoms with Gasteiger partial charge >= 0.3 is 0 Å². The molecule has 106 valence electrons. The molecule has 2 N–H and O–H groups in total. The molecule has 3 aromatic rings. The van der Waals surface area contributed by atoms with Crippen molar-refractivity contribution >= 4 is 10.8 Å². The highest BCUT2D eigenvalue weighted by molar-refractivity contribution is 5.85. The van der Waals surface area contributed by atoms with Gasteiger partial charge < -0.3 is 10.5 Å². The number of nitrogens with zero attached hydrogens (tertiary/aromatic N) is 1. The summed E-state index contributed by atoms with van der Waals surface area (Å²) in [6.07, 6.45) is 4.46. The van der Waals surface area contributed by atoms with Gasteiger partial charge in [-0.3, -0.25) is 4.98 Å². The Morgan fingerprint density at radius 2 is 2.00 bits per heavy atom. The van der Waals surface area contributed by atoms with Gasteiger partial charge in [-0.2, -0.15) is 0 Å². The SMILES string of the molecule is COc1cccc(CC(N)c2cccc3cnccc23)c1. The first kappa shape index (κ1) is 13.6. The van der Waals surface area contributed by atoms with Crippen molar-refractivity contribution in [2.75, 3.05) is 7.11 Å². The topological polar surface area (TPSA) is 48.1 Å². The van der Waals surface area contributed by atoms with Crippen molar-refractivity contribution in [3.63, 3.8) is 0 Å². The molecular weight excluding hydrogens is 260 g/mol. The number of hydrogen-bond donors (Lipinski definition) is 1. The van der Waals surface area contributed by atoms with E-state index in [0.29, 0.717) is 0 Å². The van der Waals surface area contributed by atoms with Gasteiger partial charge in [0.15, 0.2) is 0 Å². The molecule has 2 aromatic carbocycles. The van der Waals surface area contributed by atoms with Crippen molar-refractivity contribution in [1.82, 2.24) is 4.98 Å². The highest BCUT2D eigenvalue weighted by Crippen LogP contribution is 2.25. The number of rotatable bonds is 4. The maximum absolute atomic E-state index is 6.42. The van der Waals surface area contributed by atoms with Crippen LogP contribution in [0.1, 0.15) is 17.2 Å². The summed E-state index contributed by atoms with van der Waals surface area (Å²) in [7, 11) is 1.68. The highest BCUT2D eigenvalue weighted by Gasteiger charge is 2.11. The van der Waals surface area contributed by atoms with E-state index in [9.17, 15) is 0 Å². The summed E-state index contributed by atoms with van der Waals surface area (Å²) in [5, 5.41) is 2.29. The van der Waals surface area contributed by atoms with Crippen LogP contribution in [0, 0.1) is 0 Å². The Hall–Kier alpha value is -2.39. The smallest absolute Gasteiger partial charge is 0.119 e. The van der Waals surface area contributed by atoms with Gasteiger partial charge in [-0.05, 0) is 41.1 Å². The van der Waals surface area contributed by atoms with Gasteiger partial charge in [0.25, 0.3) is 0 Å². The maximum Gasteiger partial charge on any atom is 0.119 e. The van der Waals surface area contributed by atoms with E-state index in [1.807, 2.05) is 42.7 Å². The molecule has 3 heteroatoms. The second kappa shape index (κ2) is 5.94. The molecule has 0 saturated heterocycles. The fourth-order valence-corrected chi connectivity index (χ4v) is 2.63.